The van der Waals surface area contributed by atoms with Crippen LogP contribution in [0, 0.1) is 5.92 Å². The van der Waals surface area contributed by atoms with Gasteiger partial charge in [-0.15, -0.1) is 5.10 Å². The maximum atomic E-state index is 13.9. The number of carbonyl (C=O) groups excluding carboxylic acids is 1. The topological polar surface area (TPSA) is 144 Å². The van der Waals surface area contributed by atoms with E-state index < -0.39 is 20.0 Å². The number of nitrogens with one attached hydrogen (secondary N) is 1. The van der Waals surface area contributed by atoms with Gasteiger partial charge in [-0.2, -0.15) is 9.78 Å². The fraction of sp³-hybridized carbons (Fsp3) is 0.324. The molecule has 12 heteroatoms. The van der Waals surface area contributed by atoms with Crippen molar-refractivity contribution in [3.05, 3.63) is 112 Å². The number of aliphatic hydroxyl groups excluding tert-OH is 1. The van der Waals surface area contributed by atoms with Gasteiger partial charge in [0.1, 0.15) is 0 Å². The molecular weight excluding hydrogens is 600 g/mol. The highest BCUT2D eigenvalue weighted by Gasteiger charge is 2.64. The molecule has 7 rings (SSSR count). The van der Waals surface area contributed by atoms with E-state index in [1.807, 2.05) is 74.7 Å². The molecule has 0 saturated carbocycles. The van der Waals surface area contributed by atoms with Gasteiger partial charge >= 0.3 is 0 Å². The molecule has 11 nitrogen and oxygen atoms in total. The van der Waals surface area contributed by atoms with Gasteiger partial charge in [-0.3, -0.25) is 14.3 Å². The standard InChI is InChI=1S/C34H36N6O5Si/c1-21-31(46(2,3)44)30(15-16-39-19-29(37-38-39)26(20-41)22-9-5-4-6-10-22)45-34(21)27-17-24(13-14-28(27)36-33(34)43)40-32(42)25-12-8-7-11-23(25)18-35-40/h4-14,17-19,21,26,30-31,41,44H,15-16,20H2,1-3H3,(H,36,43)/t21-,26?,30+,31-,34+/m0/s1. The molecule has 0 radical (unpaired) electrons. The number of ether oxygens (including phenoxy) is 1. The predicted octanol–water partition coefficient (Wildman–Crippen LogP) is 3.94. The summed E-state index contributed by atoms with van der Waals surface area (Å²) in [4.78, 5) is 38.8. The van der Waals surface area contributed by atoms with Crippen molar-refractivity contribution in [3.63, 3.8) is 0 Å². The Morgan fingerprint density at radius 2 is 1.83 bits per heavy atom. The number of carbonyl (C=O) groups is 1. The summed E-state index contributed by atoms with van der Waals surface area (Å²) in [5.74, 6) is -0.937. The van der Waals surface area contributed by atoms with Crippen molar-refractivity contribution in [2.45, 2.75) is 56.1 Å². The molecule has 0 bridgehead atoms. The van der Waals surface area contributed by atoms with Crippen molar-refractivity contribution in [2.24, 2.45) is 5.92 Å². The second kappa shape index (κ2) is 11.4. The zero-order valence-electron chi connectivity index (χ0n) is 25.9. The van der Waals surface area contributed by atoms with Gasteiger partial charge in [0.15, 0.2) is 13.9 Å². The normalized spacial score (nSPS) is 23.2. The number of rotatable bonds is 8. The third-order valence-corrected chi connectivity index (χ3v) is 12.1. The minimum absolute atomic E-state index is 0.0990. The predicted molar refractivity (Wildman–Crippen MR) is 175 cm³/mol. The number of amides is 1. The third-order valence-electron chi connectivity index (χ3n) is 9.60. The third kappa shape index (κ3) is 4.89. The van der Waals surface area contributed by atoms with Crippen molar-refractivity contribution in [3.8, 4) is 5.69 Å². The lowest BCUT2D eigenvalue weighted by molar-refractivity contribution is -0.143. The van der Waals surface area contributed by atoms with Crippen LogP contribution in [0.15, 0.2) is 90.0 Å². The Morgan fingerprint density at radius 3 is 2.59 bits per heavy atom. The van der Waals surface area contributed by atoms with Crippen LogP contribution >= 0.6 is 0 Å². The molecule has 4 heterocycles. The zero-order valence-corrected chi connectivity index (χ0v) is 26.9. The summed E-state index contributed by atoms with van der Waals surface area (Å²) in [6, 6.07) is 22.3. The molecule has 1 spiro atoms. The number of anilines is 1. The van der Waals surface area contributed by atoms with Crippen LogP contribution in [0.5, 0.6) is 0 Å². The van der Waals surface area contributed by atoms with E-state index in [0.717, 1.165) is 10.9 Å². The largest absolute Gasteiger partial charge is 0.432 e. The molecule has 46 heavy (non-hydrogen) atoms. The second-order valence-corrected chi connectivity index (χ2v) is 16.8. The number of aliphatic hydroxyl groups is 1. The summed E-state index contributed by atoms with van der Waals surface area (Å²) < 4.78 is 9.88. The summed E-state index contributed by atoms with van der Waals surface area (Å²) in [5.41, 5.74) is 1.50. The van der Waals surface area contributed by atoms with Gasteiger partial charge in [0, 0.05) is 40.8 Å². The summed E-state index contributed by atoms with van der Waals surface area (Å²) in [5, 5.41) is 27.5. The first-order valence-electron chi connectivity index (χ1n) is 15.5. The molecule has 3 N–H and O–H groups in total. The highest BCUT2D eigenvalue weighted by Crippen LogP contribution is 2.58. The second-order valence-electron chi connectivity index (χ2n) is 12.8. The van der Waals surface area contributed by atoms with E-state index in [-0.39, 0.29) is 35.5 Å². The summed E-state index contributed by atoms with van der Waals surface area (Å²) in [7, 11) is -2.86. The van der Waals surface area contributed by atoms with Crippen LogP contribution < -0.4 is 10.9 Å². The Labute approximate surface area is 266 Å². The highest BCUT2D eigenvalue weighted by atomic mass is 28.4. The van der Waals surface area contributed by atoms with Crippen LogP contribution in [0.1, 0.15) is 36.1 Å². The molecule has 236 valence electrons. The average Bonchev–Trinajstić information content (AvgIpc) is 3.71. The fourth-order valence-electron chi connectivity index (χ4n) is 7.46. The minimum Gasteiger partial charge on any atom is -0.432 e. The molecule has 2 aliphatic rings. The Bertz CT molecular complexity index is 1990. The molecule has 2 aromatic heterocycles. The number of hydrogen-bond acceptors (Lipinski definition) is 8. The molecular formula is C34H36N6O5Si. The molecule has 1 saturated heterocycles. The summed E-state index contributed by atoms with van der Waals surface area (Å²) in [6.07, 6.45) is 3.53. The Balaban J connectivity index is 1.20. The van der Waals surface area contributed by atoms with E-state index in [4.69, 9.17) is 4.74 Å². The van der Waals surface area contributed by atoms with E-state index in [1.54, 1.807) is 35.1 Å². The van der Waals surface area contributed by atoms with E-state index in [0.29, 0.717) is 41.0 Å². The van der Waals surface area contributed by atoms with E-state index >= 15 is 0 Å². The first-order chi connectivity index (χ1) is 22.1. The van der Waals surface area contributed by atoms with Crippen LogP contribution in [0.2, 0.25) is 18.6 Å². The van der Waals surface area contributed by atoms with Gasteiger partial charge in [0.05, 0.1) is 41.6 Å². The number of fused-ring (bicyclic) bond motifs is 3. The quantitative estimate of drug-likeness (QED) is 0.217. The molecule has 5 atom stereocenters. The number of aromatic nitrogens is 5. The molecule has 1 unspecified atom stereocenters. The lowest BCUT2D eigenvalue weighted by Crippen LogP contribution is -2.43. The van der Waals surface area contributed by atoms with E-state index in [1.165, 1.54) is 4.68 Å². The summed E-state index contributed by atoms with van der Waals surface area (Å²) >= 11 is 0. The van der Waals surface area contributed by atoms with E-state index in [2.05, 4.69) is 20.7 Å². The van der Waals surface area contributed by atoms with Gasteiger partial charge < -0.3 is 20.0 Å². The number of benzene rings is 3. The lowest BCUT2D eigenvalue weighted by Gasteiger charge is -2.32. The Kier molecular flexibility index (Phi) is 7.47. The first-order valence-corrected chi connectivity index (χ1v) is 18.5. The van der Waals surface area contributed by atoms with Crippen molar-refractivity contribution in [1.29, 1.82) is 0 Å². The molecule has 2 aliphatic heterocycles. The zero-order chi connectivity index (χ0) is 32.2. The van der Waals surface area contributed by atoms with Crippen LogP contribution in [0.3, 0.4) is 0 Å². The molecule has 0 aliphatic carbocycles. The molecule has 3 aromatic carbocycles. The van der Waals surface area contributed by atoms with Gasteiger partial charge in [0.2, 0.25) is 0 Å². The SMILES string of the molecule is C[C@H]1[C@H]([Si](C)(C)O)[C@@H](CCn2cc(C(CO)c3ccccc3)nn2)O[C@]12C(=O)Nc1ccc(-n3ncc4ccccc4c3=O)cc12. The molecule has 5 aromatic rings. The van der Waals surface area contributed by atoms with Gasteiger partial charge in [-0.25, -0.2) is 0 Å². The van der Waals surface area contributed by atoms with Gasteiger partial charge in [-0.05, 0) is 49.3 Å². The minimum atomic E-state index is -2.86. The molecule has 1 amide bonds. The highest BCUT2D eigenvalue weighted by molar-refractivity contribution is 6.71. The summed E-state index contributed by atoms with van der Waals surface area (Å²) in [6.45, 7) is 6.07. The number of nitrogens with zero attached hydrogens (tertiary/aromatic N) is 5. The Morgan fingerprint density at radius 1 is 1.07 bits per heavy atom. The average molecular weight is 637 g/mol. The van der Waals surface area contributed by atoms with Crippen LogP contribution in [0.4, 0.5) is 5.69 Å². The number of aryl methyl sites for hydroxylation is 1. The fourth-order valence-corrected chi connectivity index (χ4v) is 10.1. The number of hydrogen-bond donors (Lipinski definition) is 3. The van der Waals surface area contributed by atoms with Crippen LogP contribution in [0.25, 0.3) is 16.5 Å². The monoisotopic (exact) mass is 636 g/mol. The lowest BCUT2D eigenvalue weighted by atomic mass is 9.82. The van der Waals surface area contributed by atoms with Crippen molar-refractivity contribution >= 4 is 30.7 Å². The molecule has 1 fully saturated rings. The van der Waals surface area contributed by atoms with E-state index in [9.17, 15) is 19.5 Å². The van der Waals surface area contributed by atoms with Crippen molar-refractivity contribution in [1.82, 2.24) is 24.8 Å². The van der Waals surface area contributed by atoms with Crippen molar-refractivity contribution in [2.75, 3.05) is 11.9 Å². The van der Waals surface area contributed by atoms with Gasteiger partial charge in [-0.1, -0.05) is 60.7 Å². The van der Waals surface area contributed by atoms with Gasteiger partial charge in [0.25, 0.3) is 11.5 Å². The maximum absolute atomic E-state index is 13.9. The smallest absolute Gasteiger partial charge is 0.279 e. The maximum Gasteiger partial charge on any atom is 0.279 e. The van der Waals surface area contributed by atoms with Crippen LogP contribution in [-0.2, 0) is 21.7 Å². The van der Waals surface area contributed by atoms with Crippen molar-refractivity contribution < 1.29 is 19.4 Å². The van der Waals surface area contributed by atoms with Crippen LogP contribution in [-0.4, -0.2) is 61.6 Å². The first kappa shape index (κ1) is 30.2. The Hall–Kier alpha value is -4.49.